The normalized spacial score (nSPS) is 16.5. The second-order valence-electron chi connectivity index (χ2n) is 9.08. The number of nitrogens with zero attached hydrogens (tertiary/aromatic N) is 2. The van der Waals surface area contributed by atoms with Crippen LogP contribution in [0.15, 0.2) is 78.9 Å². The van der Waals surface area contributed by atoms with Gasteiger partial charge in [0.2, 0.25) is 10.0 Å². The highest BCUT2D eigenvalue weighted by Gasteiger charge is 2.39. The molecule has 0 radical (unpaired) electrons. The lowest BCUT2D eigenvalue weighted by Crippen LogP contribution is -2.51. The number of rotatable bonds is 10. The molecule has 0 amide bonds. The summed E-state index contributed by atoms with van der Waals surface area (Å²) in [6.07, 6.45) is 0.450. The van der Waals surface area contributed by atoms with Crippen LogP contribution in [0.4, 0.5) is 5.69 Å². The summed E-state index contributed by atoms with van der Waals surface area (Å²) < 4.78 is 57.8. The van der Waals surface area contributed by atoms with E-state index in [1.807, 2.05) is 30.3 Å². The van der Waals surface area contributed by atoms with E-state index in [0.717, 1.165) is 15.4 Å². The van der Waals surface area contributed by atoms with Crippen molar-refractivity contribution in [2.24, 2.45) is 5.92 Å². The number of benzene rings is 3. The minimum absolute atomic E-state index is 0.124. The quantitative estimate of drug-likeness (QED) is 0.377. The van der Waals surface area contributed by atoms with E-state index in [9.17, 15) is 27.1 Å². The van der Waals surface area contributed by atoms with Gasteiger partial charge in [-0.2, -0.15) is 0 Å². The standard InChI is InChI=1S/C27H30N2O7S2/c1-36-25-13-9-22(10-14-25)21-7-11-24(12-8-21)29(37(32)33)26(27(30)31)23-15-17-28(18-16-23)38(34,35)19-20-5-3-2-4-6-20/h2-14,23,26H,15-19H2,1H3,(H,30,31)(H,32,33)/p-1. The van der Waals surface area contributed by atoms with E-state index in [-0.39, 0.29) is 37.4 Å². The molecule has 2 unspecified atom stereocenters. The van der Waals surface area contributed by atoms with Crippen molar-refractivity contribution in [3.05, 3.63) is 84.4 Å². The average Bonchev–Trinajstić information content (AvgIpc) is 2.92. The maximum atomic E-state index is 12.9. The first-order valence-corrected chi connectivity index (χ1v) is 14.7. The molecule has 2 atom stereocenters. The van der Waals surface area contributed by atoms with Crippen molar-refractivity contribution in [3.8, 4) is 16.9 Å². The maximum Gasteiger partial charge on any atom is 0.327 e. The number of piperidine rings is 1. The van der Waals surface area contributed by atoms with Crippen LogP contribution < -0.4 is 9.04 Å². The summed E-state index contributed by atoms with van der Waals surface area (Å²) in [7, 11) is -2.01. The van der Waals surface area contributed by atoms with Crippen LogP contribution in [-0.4, -0.2) is 58.8 Å². The molecule has 1 fully saturated rings. The number of carbonyl (C=O) groups is 1. The number of carboxylic acid groups (broad SMARTS) is 1. The molecule has 3 aromatic rings. The summed E-state index contributed by atoms with van der Waals surface area (Å²) in [5, 5.41) is 10.0. The van der Waals surface area contributed by atoms with Gasteiger partial charge in [0.05, 0.1) is 12.9 Å². The topological polar surface area (TPSA) is 127 Å². The largest absolute Gasteiger partial charge is 0.755 e. The molecule has 1 saturated heterocycles. The number of ether oxygens (including phenoxy) is 1. The van der Waals surface area contributed by atoms with E-state index in [2.05, 4.69) is 0 Å². The van der Waals surface area contributed by atoms with Crippen LogP contribution in [-0.2, 0) is 31.8 Å². The number of aliphatic carboxylic acids is 1. The number of anilines is 1. The molecule has 38 heavy (non-hydrogen) atoms. The van der Waals surface area contributed by atoms with Crippen LogP contribution >= 0.6 is 0 Å². The molecule has 202 valence electrons. The van der Waals surface area contributed by atoms with Crippen molar-refractivity contribution in [1.29, 1.82) is 0 Å². The molecule has 1 aliphatic rings. The van der Waals surface area contributed by atoms with Gasteiger partial charge in [0.15, 0.2) is 0 Å². The Kier molecular flexibility index (Phi) is 8.83. The summed E-state index contributed by atoms with van der Waals surface area (Å²) >= 11 is -2.86. The summed E-state index contributed by atoms with van der Waals surface area (Å²) in [6.45, 7) is 0.249. The molecule has 4 rings (SSSR count). The van der Waals surface area contributed by atoms with E-state index in [4.69, 9.17) is 4.74 Å². The fourth-order valence-corrected chi connectivity index (χ4v) is 7.07. The number of methoxy groups -OCH3 is 1. The molecule has 9 nitrogen and oxygen atoms in total. The predicted octanol–water partition coefficient (Wildman–Crippen LogP) is 3.66. The zero-order valence-corrected chi connectivity index (χ0v) is 22.4. The molecule has 0 bridgehead atoms. The highest BCUT2D eigenvalue weighted by atomic mass is 32.2. The van der Waals surface area contributed by atoms with Crippen LogP contribution in [0.1, 0.15) is 18.4 Å². The maximum absolute atomic E-state index is 12.9. The Balaban J connectivity index is 1.49. The Bertz CT molecular complexity index is 1360. The molecule has 0 saturated carbocycles. The molecule has 1 heterocycles. The van der Waals surface area contributed by atoms with Crippen LogP contribution in [0.2, 0.25) is 0 Å². The van der Waals surface area contributed by atoms with E-state index >= 15 is 0 Å². The van der Waals surface area contributed by atoms with Crippen molar-refractivity contribution in [1.82, 2.24) is 4.31 Å². The molecule has 3 aromatic carbocycles. The molecular formula is C27H29N2O7S2-. The summed E-state index contributed by atoms with van der Waals surface area (Å²) in [6, 6.07) is 21.5. The Morgan fingerprint density at radius 3 is 2.08 bits per heavy atom. The highest BCUT2D eigenvalue weighted by molar-refractivity contribution is 7.88. The van der Waals surface area contributed by atoms with Gasteiger partial charge in [-0.1, -0.05) is 54.6 Å². The van der Waals surface area contributed by atoms with Crippen molar-refractivity contribution in [2.75, 3.05) is 24.5 Å². The van der Waals surface area contributed by atoms with Gasteiger partial charge in [0.25, 0.3) is 0 Å². The number of hydrogen-bond donors (Lipinski definition) is 1. The van der Waals surface area contributed by atoms with Crippen molar-refractivity contribution < 1.29 is 31.8 Å². The fraction of sp³-hybridized carbons (Fsp3) is 0.296. The van der Waals surface area contributed by atoms with Gasteiger partial charge in [-0.15, -0.1) is 0 Å². The van der Waals surface area contributed by atoms with Crippen LogP contribution in [0, 0.1) is 5.92 Å². The molecular weight excluding hydrogens is 528 g/mol. The minimum atomic E-state index is -3.59. The fourth-order valence-electron chi connectivity index (χ4n) is 4.76. The lowest BCUT2D eigenvalue weighted by Gasteiger charge is -2.40. The van der Waals surface area contributed by atoms with Gasteiger partial charge >= 0.3 is 5.97 Å². The minimum Gasteiger partial charge on any atom is -0.755 e. The second kappa shape index (κ2) is 12.1. The van der Waals surface area contributed by atoms with Crippen LogP contribution in [0.3, 0.4) is 0 Å². The van der Waals surface area contributed by atoms with Gasteiger partial charge in [-0.25, -0.2) is 17.5 Å². The number of carboxylic acids is 1. The van der Waals surface area contributed by atoms with Crippen molar-refractivity contribution >= 4 is 32.9 Å². The lowest BCUT2D eigenvalue weighted by atomic mass is 9.90. The zero-order chi connectivity index (χ0) is 27.3. The summed E-state index contributed by atoms with van der Waals surface area (Å²) in [5.74, 6) is -1.27. The molecule has 1 N–H and O–H groups in total. The first-order chi connectivity index (χ1) is 18.2. The van der Waals surface area contributed by atoms with E-state index in [1.165, 1.54) is 4.31 Å². The van der Waals surface area contributed by atoms with Crippen molar-refractivity contribution in [3.63, 3.8) is 0 Å². The van der Waals surface area contributed by atoms with Crippen LogP contribution in [0.25, 0.3) is 11.1 Å². The van der Waals surface area contributed by atoms with Crippen LogP contribution in [0.5, 0.6) is 5.75 Å². The summed E-state index contributed by atoms with van der Waals surface area (Å²) in [5.41, 5.74) is 2.62. The summed E-state index contributed by atoms with van der Waals surface area (Å²) in [4.78, 5) is 12.3. The SMILES string of the molecule is COc1ccc(-c2ccc(N(C(C(=O)O)C3CCN(S(=O)(=O)Cc4ccccc4)CC3)S(=O)[O-])cc2)cc1. The van der Waals surface area contributed by atoms with Crippen molar-refractivity contribution in [2.45, 2.75) is 24.6 Å². The Labute approximate surface area is 225 Å². The van der Waals surface area contributed by atoms with Gasteiger partial charge in [-0.05, 0) is 59.7 Å². The molecule has 0 spiro atoms. The second-order valence-corrected chi connectivity index (χ2v) is 11.9. The highest BCUT2D eigenvalue weighted by Crippen LogP contribution is 2.32. The predicted molar refractivity (Wildman–Crippen MR) is 145 cm³/mol. The van der Waals surface area contributed by atoms with Gasteiger partial charge < -0.3 is 14.4 Å². The third kappa shape index (κ3) is 6.41. The number of sulfonamides is 1. The first-order valence-electron chi connectivity index (χ1n) is 12.1. The zero-order valence-electron chi connectivity index (χ0n) is 20.8. The Morgan fingerprint density at radius 1 is 1.03 bits per heavy atom. The monoisotopic (exact) mass is 557 g/mol. The van der Waals surface area contributed by atoms with E-state index in [1.54, 1.807) is 55.6 Å². The average molecular weight is 558 g/mol. The van der Waals surface area contributed by atoms with Gasteiger partial charge in [0, 0.05) is 30.0 Å². The Morgan fingerprint density at radius 2 is 1.58 bits per heavy atom. The third-order valence-corrected chi connectivity index (χ3v) is 9.35. The van der Waals surface area contributed by atoms with E-state index < -0.39 is 39.2 Å². The first kappa shape index (κ1) is 27.8. The number of hydrogen-bond acceptors (Lipinski definition) is 6. The molecule has 11 heteroatoms. The smallest absolute Gasteiger partial charge is 0.327 e. The van der Waals surface area contributed by atoms with E-state index in [0.29, 0.717) is 11.3 Å². The van der Waals surface area contributed by atoms with Gasteiger partial charge in [0.1, 0.15) is 11.8 Å². The third-order valence-electron chi connectivity index (χ3n) is 6.74. The molecule has 0 aromatic heterocycles. The molecule has 0 aliphatic carbocycles. The Hall–Kier alpha value is -3.25. The lowest BCUT2D eigenvalue weighted by molar-refractivity contribution is -0.140. The van der Waals surface area contributed by atoms with Gasteiger partial charge in [-0.3, -0.25) is 8.51 Å². The molecule has 1 aliphatic heterocycles.